The minimum atomic E-state index is -0.380. The highest BCUT2D eigenvalue weighted by atomic mass is 32.2. The minimum Gasteiger partial charge on any atom is -0.456 e. The van der Waals surface area contributed by atoms with E-state index < -0.39 is 0 Å². The van der Waals surface area contributed by atoms with Crippen molar-refractivity contribution >= 4 is 40.4 Å². The maximum absolute atomic E-state index is 12.5. The lowest BCUT2D eigenvalue weighted by atomic mass is 10.1. The smallest absolute Gasteiger partial charge is 0.323 e. The van der Waals surface area contributed by atoms with Crippen LogP contribution in [0.5, 0.6) is 0 Å². The Morgan fingerprint density at radius 3 is 2.83 bits per heavy atom. The number of fused-ring (bicyclic) bond motifs is 2. The number of rotatable bonds is 6. The first kappa shape index (κ1) is 19.3. The van der Waals surface area contributed by atoms with Crippen LogP contribution < -0.4 is 10.6 Å². The standard InChI is InChI=1S/C21H21N3O4S/c25-19(24-10-11-29-18-6-2-1-5-17(18)24)13-28-20(26)7-3-4-14-8-9-15-16(12-14)23-21(27)22-15/h1-2,5-6,8-9,12H,3-4,7,10-11,13H2,(H2,22,23,27). The van der Waals surface area contributed by atoms with Gasteiger partial charge in [-0.3, -0.25) is 9.59 Å². The maximum atomic E-state index is 12.5. The van der Waals surface area contributed by atoms with E-state index in [-0.39, 0.29) is 30.6 Å². The molecule has 7 nitrogen and oxygen atoms in total. The molecule has 3 aromatic rings. The van der Waals surface area contributed by atoms with Crippen LogP contribution in [-0.4, -0.2) is 40.7 Å². The first-order valence-corrected chi connectivity index (χ1v) is 10.5. The summed E-state index contributed by atoms with van der Waals surface area (Å²) in [5, 5.41) is 0. The van der Waals surface area contributed by atoms with Gasteiger partial charge in [0, 0.05) is 23.6 Å². The van der Waals surface area contributed by atoms with E-state index in [1.807, 2.05) is 42.5 Å². The Morgan fingerprint density at radius 2 is 1.93 bits per heavy atom. The molecular weight excluding hydrogens is 390 g/mol. The van der Waals surface area contributed by atoms with E-state index in [4.69, 9.17) is 4.74 Å². The molecule has 2 aromatic carbocycles. The van der Waals surface area contributed by atoms with Gasteiger partial charge in [0.05, 0.1) is 16.7 Å². The summed E-state index contributed by atoms with van der Waals surface area (Å²) in [6.45, 7) is 0.371. The molecule has 4 rings (SSSR count). The number of hydrogen-bond donors (Lipinski definition) is 2. The molecule has 0 radical (unpaired) electrons. The fourth-order valence-corrected chi connectivity index (χ4v) is 4.39. The van der Waals surface area contributed by atoms with Crippen LogP contribution in [-0.2, 0) is 20.7 Å². The number of aromatic amines is 2. The summed E-state index contributed by atoms with van der Waals surface area (Å²) >= 11 is 1.72. The monoisotopic (exact) mass is 411 g/mol. The number of nitrogens with zero attached hydrogens (tertiary/aromatic N) is 1. The van der Waals surface area contributed by atoms with Crippen LogP contribution >= 0.6 is 11.8 Å². The van der Waals surface area contributed by atoms with Gasteiger partial charge in [0.15, 0.2) is 6.61 Å². The number of carbonyl (C=O) groups is 2. The summed E-state index contributed by atoms with van der Waals surface area (Å²) < 4.78 is 5.19. The molecule has 0 bridgehead atoms. The molecule has 0 aliphatic carbocycles. The van der Waals surface area contributed by atoms with Gasteiger partial charge in [-0.25, -0.2) is 4.79 Å². The maximum Gasteiger partial charge on any atom is 0.323 e. The van der Waals surface area contributed by atoms with Crippen molar-refractivity contribution in [2.24, 2.45) is 0 Å². The molecule has 1 aromatic heterocycles. The number of esters is 1. The first-order chi connectivity index (χ1) is 14.1. The largest absolute Gasteiger partial charge is 0.456 e. The number of thioether (sulfide) groups is 1. The molecule has 2 heterocycles. The minimum absolute atomic E-state index is 0.201. The van der Waals surface area contributed by atoms with Gasteiger partial charge in [0.2, 0.25) is 0 Å². The van der Waals surface area contributed by atoms with E-state index in [0.29, 0.717) is 19.4 Å². The van der Waals surface area contributed by atoms with Crippen LogP contribution in [0.3, 0.4) is 0 Å². The topological polar surface area (TPSA) is 95.3 Å². The molecule has 29 heavy (non-hydrogen) atoms. The number of anilines is 1. The Bertz CT molecular complexity index is 1100. The molecular formula is C21H21N3O4S. The van der Waals surface area contributed by atoms with Crippen LogP contribution in [0.2, 0.25) is 0 Å². The van der Waals surface area contributed by atoms with Gasteiger partial charge in [-0.15, -0.1) is 11.8 Å². The molecule has 0 atom stereocenters. The normalized spacial score (nSPS) is 13.3. The van der Waals surface area contributed by atoms with Crippen LogP contribution in [0.25, 0.3) is 11.0 Å². The molecule has 0 saturated heterocycles. The van der Waals surface area contributed by atoms with Crippen molar-refractivity contribution in [1.29, 1.82) is 0 Å². The van der Waals surface area contributed by atoms with E-state index in [1.165, 1.54) is 0 Å². The average Bonchev–Trinajstić information content (AvgIpc) is 3.11. The Hall–Kier alpha value is -3.00. The number of ether oxygens (including phenoxy) is 1. The third kappa shape index (κ3) is 4.54. The van der Waals surface area contributed by atoms with Crippen LogP contribution in [0.1, 0.15) is 18.4 Å². The Morgan fingerprint density at radius 1 is 1.10 bits per heavy atom. The second-order valence-electron chi connectivity index (χ2n) is 6.83. The first-order valence-electron chi connectivity index (χ1n) is 9.49. The molecule has 0 spiro atoms. The lowest BCUT2D eigenvalue weighted by Crippen LogP contribution is -2.38. The lowest BCUT2D eigenvalue weighted by molar-refractivity contribution is -0.147. The molecule has 1 amide bonds. The summed E-state index contributed by atoms with van der Waals surface area (Å²) in [5.41, 5.74) is 3.18. The molecule has 1 aliphatic rings. The Labute approximate surface area is 171 Å². The van der Waals surface area contributed by atoms with E-state index >= 15 is 0 Å². The third-order valence-electron chi connectivity index (χ3n) is 4.81. The number of benzene rings is 2. The predicted octanol–water partition coefficient (Wildman–Crippen LogP) is 2.86. The van der Waals surface area contributed by atoms with Gasteiger partial charge in [0.25, 0.3) is 5.91 Å². The van der Waals surface area contributed by atoms with Crippen LogP contribution in [0, 0.1) is 0 Å². The van der Waals surface area contributed by atoms with Gasteiger partial charge >= 0.3 is 11.7 Å². The Balaban J connectivity index is 1.25. The van der Waals surface area contributed by atoms with Crippen molar-refractivity contribution < 1.29 is 14.3 Å². The van der Waals surface area contributed by atoms with E-state index in [0.717, 1.165) is 32.9 Å². The molecule has 0 saturated carbocycles. The lowest BCUT2D eigenvalue weighted by Gasteiger charge is -2.28. The highest BCUT2D eigenvalue weighted by Crippen LogP contribution is 2.34. The molecule has 150 valence electrons. The zero-order valence-electron chi connectivity index (χ0n) is 15.8. The number of aryl methyl sites for hydroxylation is 1. The van der Waals surface area contributed by atoms with Crippen LogP contribution in [0.4, 0.5) is 5.69 Å². The van der Waals surface area contributed by atoms with E-state index in [1.54, 1.807) is 16.7 Å². The molecule has 0 fully saturated rings. The third-order valence-corrected chi connectivity index (χ3v) is 5.86. The van der Waals surface area contributed by atoms with Crippen molar-refractivity contribution in [2.45, 2.75) is 24.2 Å². The SMILES string of the molecule is O=C(CCCc1ccc2[nH]c(=O)[nH]c2c1)OCC(=O)N1CCSc2ccccc21. The van der Waals surface area contributed by atoms with Crippen molar-refractivity contribution in [3.8, 4) is 0 Å². The van der Waals surface area contributed by atoms with Crippen molar-refractivity contribution in [3.05, 3.63) is 58.5 Å². The summed E-state index contributed by atoms with van der Waals surface area (Å²) in [5.74, 6) is 0.245. The highest BCUT2D eigenvalue weighted by molar-refractivity contribution is 7.99. The summed E-state index contributed by atoms with van der Waals surface area (Å²) in [6.07, 6.45) is 1.53. The van der Waals surface area contributed by atoms with E-state index in [2.05, 4.69) is 9.97 Å². The van der Waals surface area contributed by atoms with Gasteiger partial charge in [-0.2, -0.15) is 0 Å². The number of hydrogen-bond acceptors (Lipinski definition) is 5. The fraction of sp³-hybridized carbons (Fsp3) is 0.286. The zero-order chi connectivity index (χ0) is 20.2. The molecule has 1 aliphatic heterocycles. The van der Waals surface area contributed by atoms with Gasteiger partial charge in [-0.1, -0.05) is 18.2 Å². The second kappa shape index (κ2) is 8.57. The number of para-hydroxylation sites is 1. The summed E-state index contributed by atoms with van der Waals surface area (Å²) in [6, 6.07) is 13.4. The molecule has 8 heteroatoms. The number of imidazole rings is 1. The van der Waals surface area contributed by atoms with Crippen molar-refractivity contribution in [1.82, 2.24) is 9.97 Å². The summed E-state index contributed by atoms with van der Waals surface area (Å²) in [7, 11) is 0. The van der Waals surface area contributed by atoms with E-state index in [9.17, 15) is 14.4 Å². The number of nitrogens with one attached hydrogen (secondary N) is 2. The van der Waals surface area contributed by atoms with Gasteiger partial charge < -0.3 is 19.6 Å². The summed E-state index contributed by atoms with van der Waals surface area (Å²) in [4.78, 5) is 44.0. The zero-order valence-corrected chi connectivity index (χ0v) is 16.6. The molecule has 2 N–H and O–H groups in total. The van der Waals surface area contributed by atoms with Gasteiger partial charge in [-0.05, 0) is 42.7 Å². The second-order valence-corrected chi connectivity index (χ2v) is 7.97. The molecule has 0 unspecified atom stereocenters. The predicted molar refractivity (Wildman–Crippen MR) is 112 cm³/mol. The number of amides is 1. The van der Waals surface area contributed by atoms with Crippen molar-refractivity contribution in [2.75, 3.05) is 23.8 Å². The van der Waals surface area contributed by atoms with Gasteiger partial charge in [0.1, 0.15) is 0 Å². The quantitative estimate of drug-likeness (QED) is 0.608. The van der Waals surface area contributed by atoms with Crippen molar-refractivity contribution in [3.63, 3.8) is 0 Å². The number of aromatic nitrogens is 2. The average molecular weight is 411 g/mol. The fourth-order valence-electron chi connectivity index (χ4n) is 3.39. The number of carbonyl (C=O) groups excluding carboxylic acids is 2. The van der Waals surface area contributed by atoms with Crippen LogP contribution in [0.15, 0.2) is 52.2 Å². The highest BCUT2D eigenvalue weighted by Gasteiger charge is 2.23. The number of H-pyrrole nitrogens is 2. The Kier molecular flexibility index (Phi) is 5.71.